The van der Waals surface area contributed by atoms with Crippen LogP contribution >= 0.6 is 0 Å². The minimum atomic E-state index is -0.327. The summed E-state index contributed by atoms with van der Waals surface area (Å²) in [5.41, 5.74) is 4.02. The zero-order valence-corrected chi connectivity index (χ0v) is 15.6. The molecule has 0 atom stereocenters. The maximum Gasteiger partial charge on any atom is 0.162 e. The molecule has 0 bridgehead atoms. The molecular weight excluding hydrogens is 371 g/mol. The summed E-state index contributed by atoms with van der Waals surface area (Å²) in [7, 11) is 0. The first-order chi connectivity index (χ1) is 14.3. The van der Waals surface area contributed by atoms with Crippen LogP contribution in [0, 0.1) is 5.82 Å². The quantitative estimate of drug-likeness (QED) is 0.553. The van der Waals surface area contributed by atoms with E-state index < -0.39 is 0 Å². The molecule has 5 rings (SSSR count). The molecule has 29 heavy (non-hydrogen) atoms. The number of aromatic nitrogens is 4. The molecule has 3 heterocycles. The summed E-state index contributed by atoms with van der Waals surface area (Å²) in [6.07, 6.45) is 1.63. The van der Waals surface area contributed by atoms with Crippen molar-refractivity contribution in [1.82, 2.24) is 20.2 Å². The largest absolute Gasteiger partial charge is 0.378 e. The lowest BCUT2D eigenvalue weighted by Gasteiger charge is -2.28. The van der Waals surface area contributed by atoms with E-state index in [1.807, 2.05) is 12.1 Å². The zero-order chi connectivity index (χ0) is 19.6. The maximum absolute atomic E-state index is 13.6. The SMILES string of the molecule is Fc1cccc(-c2nc(Nc3ccc(N4CCOCC4)cc3)c3[nH]ncc3n2)c1. The Bertz CT molecular complexity index is 1140. The molecule has 1 fully saturated rings. The second-order valence-corrected chi connectivity index (χ2v) is 6.81. The number of anilines is 3. The van der Waals surface area contributed by atoms with E-state index in [1.54, 1.807) is 18.3 Å². The molecule has 1 saturated heterocycles. The molecule has 0 unspecified atom stereocenters. The summed E-state index contributed by atoms with van der Waals surface area (Å²) in [6, 6.07) is 14.4. The number of morpholine rings is 1. The summed E-state index contributed by atoms with van der Waals surface area (Å²) in [5.74, 6) is 0.698. The Balaban J connectivity index is 1.46. The summed E-state index contributed by atoms with van der Waals surface area (Å²) in [4.78, 5) is 11.4. The normalized spacial score (nSPS) is 14.3. The third-order valence-electron chi connectivity index (χ3n) is 4.89. The van der Waals surface area contributed by atoms with Crippen LogP contribution in [0.5, 0.6) is 0 Å². The van der Waals surface area contributed by atoms with Crippen LogP contribution in [0.3, 0.4) is 0 Å². The van der Waals surface area contributed by atoms with Gasteiger partial charge in [0.1, 0.15) is 16.9 Å². The molecule has 0 amide bonds. The lowest BCUT2D eigenvalue weighted by Crippen LogP contribution is -2.36. The Morgan fingerprint density at radius 1 is 1.03 bits per heavy atom. The molecular formula is C21H19FN6O. The first kappa shape index (κ1) is 17.6. The van der Waals surface area contributed by atoms with E-state index in [9.17, 15) is 4.39 Å². The summed E-state index contributed by atoms with van der Waals surface area (Å²) < 4.78 is 19.1. The molecule has 7 nitrogen and oxygen atoms in total. The van der Waals surface area contributed by atoms with Crippen molar-refractivity contribution in [2.75, 3.05) is 36.5 Å². The molecule has 0 spiro atoms. The number of rotatable bonds is 4. The molecule has 2 aromatic carbocycles. The predicted octanol–water partition coefficient (Wildman–Crippen LogP) is 3.74. The van der Waals surface area contributed by atoms with E-state index in [1.165, 1.54) is 12.1 Å². The van der Waals surface area contributed by atoms with Crippen molar-refractivity contribution in [3.8, 4) is 11.4 Å². The molecule has 1 aliphatic heterocycles. The second kappa shape index (κ2) is 7.48. The highest BCUT2D eigenvalue weighted by Gasteiger charge is 2.13. The van der Waals surface area contributed by atoms with Gasteiger partial charge in [0.05, 0.1) is 19.4 Å². The van der Waals surface area contributed by atoms with Crippen LogP contribution in [0.4, 0.5) is 21.6 Å². The third kappa shape index (κ3) is 3.62. The van der Waals surface area contributed by atoms with Gasteiger partial charge in [-0.25, -0.2) is 14.4 Å². The van der Waals surface area contributed by atoms with Crippen LogP contribution in [0.15, 0.2) is 54.7 Å². The fourth-order valence-electron chi connectivity index (χ4n) is 3.40. The number of benzene rings is 2. The Hall–Kier alpha value is -3.52. The number of nitrogens with one attached hydrogen (secondary N) is 2. The van der Waals surface area contributed by atoms with Gasteiger partial charge < -0.3 is 15.0 Å². The highest BCUT2D eigenvalue weighted by atomic mass is 19.1. The maximum atomic E-state index is 13.6. The molecule has 0 radical (unpaired) electrons. The fraction of sp³-hybridized carbons (Fsp3) is 0.190. The van der Waals surface area contributed by atoms with Crippen molar-refractivity contribution < 1.29 is 9.13 Å². The lowest BCUT2D eigenvalue weighted by atomic mass is 10.2. The highest BCUT2D eigenvalue weighted by molar-refractivity contribution is 5.88. The molecule has 2 N–H and O–H groups in total. The van der Waals surface area contributed by atoms with Crippen LogP contribution in [0.1, 0.15) is 0 Å². The van der Waals surface area contributed by atoms with E-state index in [0.29, 0.717) is 28.2 Å². The van der Waals surface area contributed by atoms with Crippen molar-refractivity contribution in [2.24, 2.45) is 0 Å². The topological polar surface area (TPSA) is 79.0 Å². The van der Waals surface area contributed by atoms with Gasteiger partial charge in [0, 0.05) is 30.0 Å². The average Bonchev–Trinajstić information content (AvgIpc) is 3.24. The Morgan fingerprint density at radius 3 is 2.66 bits per heavy atom. The van der Waals surface area contributed by atoms with Crippen LogP contribution in [-0.2, 0) is 4.74 Å². The van der Waals surface area contributed by atoms with Crippen molar-refractivity contribution in [1.29, 1.82) is 0 Å². The minimum Gasteiger partial charge on any atom is -0.378 e. The van der Waals surface area contributed by atoms with Gasteiger partial charge in [-0.3, -0.25) is 5.10 Å². The standard InChI is InChI=1S/C21H19FN6O/c22-15-3-1-2-14(12-15)20-25-18-13-23-27-19(18)21(26-20)24-16-4-6-17(7-5-16)28-8-10-29-11-9-28/h1-7,12-13H,8-11H2,(H,23,27)(H,24,25,26). The first-order valence-corrected chi connectivity index (χ1v) is 9.43. The van der Waals surface area contributed by atoms with E-state index in [2.05, 4.69) is 42.5 Å². The van der Waals surface area contributed by atoms with Gasteiger partial charge in [0.2, 0.25) is 0 Å². The Kier molecular flexibility index (Phi) is 4.53. The van der Waals surface area contributed by atoms with Crippen LogP contribution in [0.25, 0.3) is 22.4 Å². The summed E-state index contributed by atoms with van der Waals surface area (Å²) in [5, 5.41) is 10.3. The summed E-state index contributed by atoms with van der Waals surface area (Å²) >= 11 is 0. The van der Waals surface area contributed by atoms with E-state index in [0.717, 1.165) is 37.7 Å². The number of hydrogen-bond donors (Lipinski definition) is 2. The molecule has 8 heteroatoms. The van der Waals surface area contributed by atoms with Gasteiger partial charge in [-0.1, -0.05) is 12.1 Å². The smallest absolute Gasteiger partial charge is 0.162 e. The average molecular weight is 390 g/mol. The lowest BCUT2D eigenvalue weighted by molar-refractivity contribution is 0.122. The minimum absolute atomic E-state index is 0.327. The number of aromatic amines is 1. The first-order valence-electron chi connectivity index (χ1n) is 9.43. The molecule has 0 aliphatic carbocycles. The van der Waals surface area contributed by atoms with Crippen LogP contribution in [-0.4, -0.2) is 46.5 Å². The zero-order valence-electron chi connectivity index (χ0n) is 15.6. The van der Waals surface area contributed by atoms with Crippen LogP contribution < -0.4 is 10.2 Å². The Labute approximate surface area is 166 Å². The number of ether oxygens (including phenoxy) is 1. The van der Waals surface area contributed by atoms with E-state index >= 15 is 0 Å². The van der Waals surface area contributed by atoms with Gasteiger partial charge in [-0.15, -0.1) is 0 Å². The van der Waals surface area contributed by atoms with E-state index in [-0.39, 0.29) is 5.82 Å². The third-order valence-corrected chi connectivity index (χ3v) is 4.89. The van der Waals surface area contributed by atoms with Crippen molar-refractivity contribution in [3.05, 3.63) is 60.5 Å². The van der Waals surface area contributed by atoms with Crippen molar-refractivity contribution in [2.45, 2.75) is 0 Å². The highest BCUT2D eigenvalue weighted by Crippen LogP contribution is 2.27. The van der Waals surface area contributed by atoms with Gasteiger partial charge in [-0.2, -0.15) is 5.10 Å². The van der Waals surface area contributed by atoms with Crippen LogP contribution in [0.2, 0.25) is 0 Å². The van der Waals surface area contributed by atoms with Crippen molar-refractivity contribution in [3.63, 3.8) is 0 Å². The van der Waals surface area contributed by atoms with Gasteiger partial charge in [-0.05, 0) is 36.4 Å². The van der Waals surface area contributed by atoms with Crippen molar-refractivity contribution >= 4 is 28.2 Å². The van der Waals surface area contributed by atoms with Gasteiger partial charge >= 0.3 is 0 Å². The van der Waals surface area contributed by atoms with E-state index in [4.69, 9.17) is 4.74 Å². The number of nitrogens with zero attached hydrogens (tertiary/aromatic N) is 4. The molecule has 0 saturated carbocycles. The Morgan fingerprint density at radius 2 is 1.86 bits per heavy atom. The second-order valence-electron chi connectivity index (χ2n) is 6.81. The molecule has 146 valence electrons. The molecule has 1 aliphatic rings. The molecule has 4 aromatic rings. The van der Waals surface area contributed by atoms with Gasteiger partial charge in [0.15, 0.2) is 11.6 Å². The fourth-order valence-corrected chi connectivity index (χ4v) is 3.40. The molecule has 2 aromatic heterocycles. The number of hydrogen-bond acceptors (Lipinski definition) is 6. The predicted molar refractivity (Wildman–Crippen MR) is 110 cm³/mol. The number of H-pyrrole nitrogens is 1. The summed E-state index contributed by atoms with van der Waals surface area (Å²) in [6.45, 7) is 3.29. The van der Waals surface area contributed by atoms with Gasteiger partial charge in [0.25, 0.3) is 0 Å². The number of fused-ring (bicyclic) bond motifs is 1. The monoisotopic (exact) mass is 390 g/mol. The number of halogens is 1.